The van der Waals surface area contributed by atoms with E-state index in [0.29, 0.717) is 16.8 Å². The predicted molar refractivity (Wildman–Crippen MR) is 84.8 cm³/mol. The molecular weight excluding hydrogens is 299 g/mol. The summed E-state index contributed by atoms with van der Waals surface area (Å²) in [6.45, 7) is 1.37. The van der Waals surface area contributed by atoms with Crippen LogP contribution in [0.15, 0.2) is 48.5 Å². The van der Waals surface area contributed by atoms with Gasteiger partial charge in [0.05, 0.1) is 6.10 Å². The predicted octanol–water partition coefficient (Wildman–Crippen LogP) is 2.88. The molecule has 0 aliphatic carbocycles. The maximum absolute atomic E-state index is 13.1. The molecule has 6 heteroatoms. The Balaban J connectivity index is 1.90. The number of hydrogen-bond donors (Lipinski definition) is 3. The number of benzene rings is 2. The number of ketones is 1. The number of amides is 2. The number of aliphatic hydroxyl groups excluding tert-OH is 1. The molecule has 0 aliphatic rings. The van der Waals surface area contributed by atoms with Crippen LogP contribution in [0, 0.1) is 5.82 Å². The zero-order valence-corrected chi connectivity index (χ0v) is 12.5. The van der Waals surface area contributed by atoms with Crippen LogP contribution in [0.1, 0.15) is 28.9 Å². The van der Waals surface area contributed by atoms with Gasteiger partial charge in [0.1, 0.15) is 5.82 Å². The SMILES string of the molecule is CC(=O)c1cccc(NC(=O)NC[C@@H](O)c2cccc(F)c2)c1. The summed E-state index contributed by atoms with van der Waals surface area (Å²) in [5.74, 6) is -0.553. The molecule has 2 amide bonds. The number of nitrogens with one attached hydrogen (secondary N) is 2. The van der Waals surface area contributed by atoms with Gasteiger partial charge in [0.15, 0.2) is 5.78 Å². The first-order valence-electron chi connectivity index (χ1n) is 7.05. The summed E-state index contributed by atoms with van der Waals surface area (Å²) in [7, 11) is 0. The fraction of sp³-hybridized carbons (Fsp3) is 0.176. The van der Waals surface area contributed by atoms with Crippen molar-refractivity contribution < 1.29 is 19.1 Å². The Bertz CT molecular complexity index is 718. The molecule has 23 heavy (non-hydrogen) atoms. The summed E-state index contributed by atoms with van der Waals surface area (Å²) < 4.78 is 13.1. The maximum atomic E-state index is 13.1. The first-order chi connectivity index (χ1) is 11.0. The minimum absolute atomic E-state index is 0.0678. The summed E-state index contributed by atoms with van der Waals surface area (Å²) in [5, 5.41) is 15.0. The lowest BCUT2D eigenvalue weighted by Gasteiger charge is -2.13. The third kappa shape index (κ3) is 4.89. The number of carbonyl (C=O) groups excluding carboxylic acids is 2. The third-order valence-electron chi connectivity index (χ3n) is 3.22. The molecule has 0 saturated heterocycles. The molecule has 0 fully saturated rings. The molecule has 2 aromatic rings. The molecule has 0 bridgehead atoms. The first kappa shape index (κ1) is 16.6. The normalized spacial score (nSPS) is 11.6. The van der Waals surface area contributed by atoms with E-state index >= 15 is 0 Å². The molecule has 0 spiro atoms. The van der Waals surface area contributed by atoms with E-state index < -0.39 is 18.0 Å². The van der Waals surface area contributed by atoms with Crippen LogP contribution in [0.3, 0.4) is 0 Å². The van der Waals surface area contributed by atoms with Crippen LogP contribution >= 0.6 is 0 Å². The molecule has 2 rings (SSSR count). The van der Waals surface area contributed by atoms with E-state index in [-0.39, 0.29) is 12.3 Å². The number of hydrogen-bond acceptors (Lipinski definition) is 3. The van der Waals surface area contributed by atoms with Gasteiger partial charge in [-0.05, 0) is 36.8 Å². The molecule has 0 heterocycles. The monoisotopic (exact) mass is 316 g/mol. The molecule has 0 saturated carbocycles. The van der Waals surface area contributed by atoms with Crippen LogP contribution in [0.4, 0.5) is 14.9 Å². The molecule has 120 valence electrons. The zero-order chi connectivity index (χ0) is 16.8. The Kier molecular flexibility index (Phi) is 5.43. The van der Waals surface area contributed by atoms with Crippen molar-refractivity contribution >= 4 is 17.5 Å². The van der Waals surface area contributed by atoms with E-state index in [1.165, 1.54) is 25.1 Å². The standard InChI is InChI=1S/C17H17FN2O3/c1-11(21)12-4-3-7-15(9-12)20-17(23)19-10-16(22)13-5-2-6-14(18)8-13/h2-9,16,22H,10H2,1H3,(H2,19,20,23)/t16-/m1/s1. The molecular formula is C17H17FN2O3. The molecule has 3 N–H and O–H groups in total. The van der Waals surface area contributed by atoms with Crippen molar-refractivity contribution in [3.63, 3.8) is 0 Å². The highest BCUT2D eigenvalue weighted by atomic mass is 19.1. The van der Waals surface area contributed by atoms with Gasteiger partial charge in [0.25, 0.3) is 0 Å². The Labute approximate surface area is 133 Å². The Morgan fingerprint density at radius 1 is 1.17 bits per heavy atom. The number of Topliss-reactive ketones (excluding diaryl/α,β-unsaturated/α-hetero) is 1. The molecule has 2 aromatic carbocycles. The molecule has 5 nitrogen and oxygen atoms in total. The van der Waals surface area contributed by atoms with Gasteiger partial charge < -0.3 is 15.7 Å². The van der Waals surface area contributed by atoms with Crippen molar-refractivity contribution in [3.8, 4) is 0 Å². The quantitative estimate of drug-likeness (QED) is 0.742. The number of rotatable bonds is 5. The zero-order valence-electron chi connectivity index (χ0n) is 12.5. The van der Waals surface area contributed by atoms with Gasteiger partial charge in [-0.2, -0.15) is 0 Å². The molecule has 1 atom stereocenters. The number of urea groups is 1. The highest BCUT2D eigenvalue weighted by Crippen LogP contribution is 2.14. The summed E-state index contributed by atoms with van der Waals surface area (Å²) in [6.07, 6.45) is -1.01. The number of carbonyl (C=O) groups is 2. The lowest BCUT2D eigenvalue weighted by Crippen LogP contribution is -2.32. The van der Waals surface area contributed by atoms with Crippen molar-refractivity contribution in [1.29, 1.82) is 0 Å². The second kappa shape index (κ2) is 7.51. The Morgan fingerprint density at radius 3 is 2.61 bits per heavy atom. The fourth-order valence-corrected chi connectivity index (χ4v) is 2.01. The maximum Gasteiger partial charge on any atom is 0.319 e. The van der Waals surface area contributed by atoms with E-state index in [1.807, 2.05) is 0 Å². The smallest absolute Gasteiger partial charge is 0.319 e. The van der Waals surface area contributed by atoms with Crippen LogP contribution < -0.4 is 10.6 Å². The van der Waals surface area contributed by atoms with Crippen molar-refractivity contribution in [3.05, 3.63) is 65.5 Å². The van der Waals surface area contributed by atoms with Crippen LogP contribution in [0.5, 0.6) is 0 Å². The van der Waals surface area contributed by atoms with Gasteiger partial charge in [0.2, 0.25) is 0 Å². The van der Waals surface area contributed by atoms with Gasteiger partial charge in [-0.25, -0.2) is 9.18 Å². The van der Waals surface area contributed by atoms with Gasteiger partial charge in [-0.15, -0.1) is 0 Å². The van der Waals surface area contributed by atoms with Crippen molar-refractivity contribution in [2.24, 2.45) is 0 Å². The summed E-state index contributed by atoms with van der Waals surface area (Å²) in [6, 6.07) is 11.5. The van der Waals surface area contributed by atoms with Gasteiger partial charge in [-0.1, -0.05) is 24.3 Å². The van der Waals surface area contributed by atoms with E-state index in [4.69, 9.17) is 0 Å². The lowest BCUT2D eigenvalue weighted by atomic mass is 10.1. The number of anilines is 1. The van der Waals surface area contributed by atoms with E-state index in [2.05, 4.69) is 10.6 Å². The largest absolute Gasteiger partial charge is 0.387 e. The van der Waals surface area contributed by atoms with Gasteiger partial charge >= 0.3 is 6.03 Å². The first-order valence-corrected chi connectivity index (χ1v) is 7.05. The lowest BCUT2D eigenvalue weighted by molar-refractivity contribution is 0.101. The topological polar surface area (TPSA) is 78.4 Å². The third-order valence-corrected chi connectivity index (χ3v) is 3.22. The Hall–Kier alpha value is -2.73. The summed E-state index contributed by atoms with van der Waals surface area (Å²) in [5.41, 5.74) is 1.34. The second-order valence-corrected chi connectivity index (χ2v) is 5.04. The highest BCUT2D eigenvalue weighted by molar-refractivity contribution is 5.96. The minimum Gasteiger partial charge on any atom is -0.387 e. The minimum atomic E-state index is -1.01. The van der Waals surface area contributed by atoms with Crippen molar-refractivity contribution in [2.45, 2.75) is 13.0 Å². The molecule has 0 aliphatic heterocycles. The van der Waals surface area contributed by atoms with Gasteiger partial charge in [-0.3, -0.25) is 4.79 Å². The van der Waals surface area contributed by atoms with Crippen molar-refractivity contribution in [1.82, 2.24) is 5.32 Å². The molecule has 0 unspecified atom stereocenters. The number of halogens is 1. The van der Waals surface area contributed by atoms with E-state index in [1.54, 1.807) is 30.3 Å². The van der Waals surface area contributed by atoms with Crippen LogP contribution in [0.25, 0.3) is 0 Å². The average Bonchev–Trinajstić information content (AvgIpc) is 2.53. The van der Waals surface area contributed by atoms with Crippen LogP contribution in [-0.2, 0) is 0 Å². The second-order valence-electron chi connectivity index (χ2n) is 5.04. The molecule has 0 aromatic heterocycles. The van der Waals surface area contributed by atoms with E-state index in [0.717, 1.165) is 0 Å². The highest BCUT2D eigenvalue weighted by Gasteiger charge is 2.10. The van der Waals surface area contributed by atoms with Crippen molar-refractivity contribution in [2.75, 3.05) is 11.9 Å². The summed E-state index contributed by atoms with van der Waals surface area (Å²) >= 11 is 0. The average molecular weight is 316 g/mol. The fourth-order valence-electron chi connectivity index (χ4n) is 2.01. The number of aliphatic hydroxyl groups is 1. The van der Waals surface area contributed by atoms with Crippen LogP contribution in [0.2, 0.25) is 0 Å². The molecule has 0 radical (unpaired) electrons. The van der Waals surface area contributed by atoms with Crippen LogP contribution in [-0.4, -0.2) is 23.5 Å². The van der Waals surface area contributed by atoms with Gasteiger partial charge in [0, 0.05) is 17.8 Å². The summed E-state index contributed by atoms with van der Waals surface area (Å²) in [4.78, 5) is 23.1. The Morgan fingerprint density at radius 2 is 1.91 bits per heavy atom. The van der Waals surface area contributed by atoms with E-state index in [9.17, 15) is 19.1 Å².